The largest absolute Gasteiger partial charge is 0.497 e. The number of nitrogens with zero attached hydrogens (tertiary/aromatic N) is 2. The van der Waals surface area contributed by atoms with Gasteiger partial charge in [0, 0.05) is 26.1 Å². The molecule has 2 fully saturated rings. The van der Waals surface area contributed by atoms with Crippen molar-refractivity contribution in [1.82, 2.24) is 9.80 Å². The van der Waals surface area contributed by atoms with Crippen LogP contribution in [0.2, 0.25) is 0 Å². The van der Waals surface area contributed by atoms with Crippen LogP contribution in [-0.4, -0.2) is 49.5 Å². The summed E-state index contributed by atoms with van der Waals surface area (Å²) in [5, 5.41) is 0. The second kappa shape index (κ2) is 6.69. The van der Waals surface area contributed by atoms with Crippen molar-refractivity contribution in [3.8, 4) is 5.75 Å². The highest BCUT2D eigenvalue weighted by atomic mass is 16.5. The molecule has 0 N–H and O–H groups in total. The summed E-state index contributed by atoms with van der Waals surface area (Å²) in [6.07, 6.45) is 3.04. The molecule has 0 aliphatic carbocycles. The Hall–Kier alpha value is -1.55. The number of ether oxygens (including phenoxy) is 1. The number of rotatable bonds is 3. The van der Waals surface area contributed by atoms with Crippen LogP contribution in [0.25, 0.3) is 0 Å². The molecule has 2 heterocycles. The summed E-state index contributed by atoms with van der Waals surface area (Å²) in [7, 11) is 3.87. The fourth-order valence-electron chi connectivity index (χ4n) is 3.78. The second-order valence-corrected chi connectivity index (χ2v) is 6.73. The lowest BCUT2D eigenvalue weighted by molar-refractivity contribution is -0.132. The lowest BCUT2D eigenvalue weighted by Gasteiger charge is -2.35. The van der Waals surface area contributed by atoms with E-state index in [1.54, 1.807) is 7.11 Å². The van der Waals surface area contributed by atoms with E-state index in [0.29, 0.717) is 17.7 Å². The number of methoxy groups -OCH3 is 1. The van der Waals surface area contributed by atoms with Crippen LogP contribution < -0.4 is 4.74 Å². The van der Waals surface area contributed by atoms with E-state index in [-0.39, 0.29) is 0 Å². The fraction of sp³-hybridized carbons (Fsp3) is 0.611. The Kier molecular flexibility index (Phi) is 4.67. The molecule has 1 amide bonds. The first kappa shape index (κ1) is 15.3. The van der Waals surface area contributed by atoms with Crippen molar-refractivity contribution in [1.29, 1.82) is 0 Å². The molecule has 4 heteroatoms. The summed E-state index contributed by atoms with van der Waals surface area (Å²) in [5.74, 6) is 2.46. The number of amides is 1. The number of benzene rings is 1. The van der Waals surface area contributed by atoms with Gasteiger partial charge < -0.3 is 14.5 Å². The topological polar surface area (TPSA) is 32.8 Å². The molecule has 2 unspecified atom stereocenters. The first-order valence-electron chi connectivity index (χ1n) is 8.25. The van der Waals surface area contributed by atoms with Crippen LogP contribution in [0.4, 0.5) is 0 Å². The Balaban J connectivity index is 1.65. The summed E-state index contributed by atoms with van der Waals surface area (Å²) >= 11 is 0. The van der Waals surface area contributed by atoms with E-state index in [4.69, 9.17) is 4.74 Å². The molecule has 0 saturated carbocycles. The predicted octanol–water partition coefficient (Wildman–Crippen LogP) is 2.39. The Morgan fingerprint density at radius 3 is 2.59 bits per heavy atom. The molecular formula is C18H26N2O2. The van der Waals surface area contributed by atoms with E-state index in [0.717, 1.165) is 44.8 Å². The van der Waals surface area contributed by atoms with Crippen LogP contribution in [0.5, 0.6) is 5.75 Å². The Morgan fingerprint density at radius 1 is 1.14 bits per heavy atom. The maximum absolute atomic E-state index is 12.6. The lowest BCUT2D eigenvalue weighted by Crippen LogP contribution is -2.38. The molecule has 1 aromatic carbocycles. The van der Waals surface area contributed by atoms with E-state index in [9.17, 15) is 4.79 Å². The van der Waals surface area contributed by atoms with E-state index < -0.39 is 0 Å². The van der Waals surface area contributed by atoms with Gasteiger partial charge in [-0.2, -0.15) is 0 Å². The molecule has 22 heavy (non-hydrogen) atoms. The third kappa shape index (κ3) is 3.43. The average Bonchev–Trinajstić information content (AvgIpc) is 2.68. The zero-order chi connectivity index (χ0) is 15.5. The molecule has 4 nitrogen and oxygen atoms in total. The van der Waals surface area contributed by atoms with E-state index in [1.807, 2.05) is 17.0 Å². The standard InChI is InChI=1S/C18H26N2O2/c1-19-9-7-15-11-18(21)20(10-8-16(15)13-19)12-14-3-5-17(22-2)6-4-14/h3-6,15-16H,7-13H2,1-2H3. The minimum atomic E-state index is 0.327. The molecule has 3 rings (SSSR count). The van der Waals surface area contributed by atoms with Gasteiger partial charge in [0.05, 0.1) is 7.11 Å². The number of piperidine rings is 1. The predicted molar refractivity (Wildman–Crippen MR) is 86.7 cm³/mol. The van der Waals surface area contributed by atoms with Gasteiger partial charge in [0.15, 0.2) is 0 Å². The van der Waals surface area contributed by atoms with Crippen molar-refractivity contribution in [2.75, 3.05) is 33.8 Å². The third-order valence-electron chi connectivity index (χ3n) is 5.19. The highest BCUT2D eigenvalue weighted by Crippen LogP contribution is 2.32. The van der Waals surface area contributed by atoms with E-state index >= 15 is 0 Å². The maximum Gasteiger partial charge on any atom is 0.223 e. The smallest absolute Gasteiger partial charge is 0.223 e. The van der Waals surface area contributed by atoms with Crippen molar-refractivity contribution in [2.24, 2.45) is 11.8 Å². The van der Waals surface area contributed by atoms with Crippen LogP contribution in [0, 0.1) is 11.8 Å². The average molecular weight is 302 g/mol. The Bertz CT molecular complexity index is 514. The first-order chi connectivity index (χ1) is 10.7. The highest BCUT2D eigenvalue weighted by molar-refractivity contribution is 5.76. The van der Waals surface area contributed by atoms with Crippen molar-refractivity contribution < 1.29 is 9.53 Å². The second-order valence-electron chi connectivity index (χ2n) is 6.73. The SMILES string of the molecule is COc1ccc(CN2CCC3CN(C)CCC3CC2=O)cc1. The minimum absolute atomic E-state index is 0.327. The number of carbonyl (C=O) groups excluding carboxylic acids is 1. The molecule has 1 aromatic rings. The van der Waals surface area contributed by atoms with Crippen molar-refractivity contribution >= 4 is 5.91 Å². The summed E-state index contributed by atoms with van der Waals surface area (Å²) < 4.78 is 5.19. The molecular weight excluding hydrogens is 276 g/mol. The van der Waals surface area contributed by atoms with Crippen LogP contribution >= 0.6 is 0 Å². The highest BCUT2D eigenvalue weighted by Gasteiger charge is 2.33. The monoisotopic (exact) mass is 302 g/mol. The Labute approximate surface area is 133 Å². The number of carbonyl (C=O) groups is 1. The summed E-state index contributed by atoms with van der Waals surface area (Å²) in [6, 6.07) is 8.04. The summed E-state index contributed by atoms with van der Waals surface area (Å²) in [4.78, 5) is 17.0. The van der Waals surface area contributed by atoms with Gasteiger partial charge in [0.2, 0.25) is 5.91 Å². The van der Waals surface area contributed by atoms with Gasteiger partial charge in [0.1, 0.15) is 5.75 Å². The van der Waals surface area contributed by atoms with Crippen LogP contribution in [0.3, 0.4) is 0 Å². The molecule has 0 bridgehead atoms. The Morgan fingerprint density at radius 2 is 1.86 bits per heavy atom. The molecule has 0 radical (unpaired) electrons. The quantitative estimate of drug-likeness (QED) is 0.859. The van der Waals surface area contributed by atoms with Gasteiger partial charge in [-0.1, -0.05) is 12.1 Å². The van der Waals surface area contributed by atoms with Crippen molar-refractivity contribution in [3.05, 3.63) is 29.8 Å². The molecule has 2 aliphatic rings. The molecule has 0 spiro atoms. The van der Waals surface area contributed by atoms with Gasteiger partial charge in [-0.25, -0.2) is 0 Å². The van der Waals surface area contributed by atoms with E-state index in [1.165, 1.54) is 12.0 Å². The van der Waals surface area contributed by atoms with Crippen LogP contribution in [0.15, 0.2) is 24.3 Å². The first-order valence-corrected chi connectivity index (χ1v) is 8.25. The number of fused-ring (bicyclic) bond motifs is 1. The van der Waals surface area contributed by atoms with Crippen LogP contribution in [0.1, 0.15) is 24.8 Å². The number of hydrogen-bond donors (Lipinski definition) is 0. The van der Waals surface area contributed by atoms with Gasteiger partial charge in [-0.15, -0.1) is 0 Å². The number of hydrogen-bond acceptors (Lipinski definition) is 3. The fourth-order valence-corrected chi connectivity index (χ4v) is 3.78. The lowest BCUT2D eigenvalue weighted by atomic mass is 9.82. The van der Waals surface area contributed by atoms with Crippen molar-refractivity contribution in [2.45, 2.75) is 25.8 Å². The molecule has 2 atom stereocenters. The normalized spacial score (nSPS) is 26.5. The molecule has 2 aliphatic heterocycles. The van der Waals surface area contributed by atoms with Gasteiger partial charge >= 0.3 is 0 Å². The minimum Gasteiger partial charge on any atom is -0.497 e. The van der Waals surface area contributed by atoms with Gasteiger partial charge in [-0.05, 0) is 56.0 Å². The van der Waals surface area contributed by atoms with Gasteiger partial charge in [0.25, 0.3) is 0 Å². The molecule has 0 aromatic heterocycles. The third-order valence-corrected chi connectivity index (χ3v) is 5.19. The zero-order valence-corrected chi connectivity index (χ0v) is 13.6. The summed E-state index contributed by atoms with van der Waals surface area (Å²) in [5.41, 5.74) is 1.18. The molecule has 2 saturated heterocycles. The number of likely N-dealkylation sites (tertiary alicyclic amines) is 2. The van der Waals surface area contributed by atoms with Crippen molar-refractivity contribution in [3.63, 3.8) is 0 Å². The maximum atomic E-state index is 12.6. The molecule has 120 valence electrons. The van der Waals surface area contributed by atoms with E-state index in [2.05, 4.69) is 24.1 Å². The summed E-state index contributed by atoms with van der Waals surface area (Å²) in [6.45, 7) is 3.89. The van der Waals surface area contributed by atoms with Gasteiger partial charge in [-0.3, -0.25) is 4.79 Å². The van der Waals surface area contributed by atoms with Crippen LogP contribution in [-0.2, 0) is 11.3 Å². The zero-order valence-electron chi connectivity index (χ0n) is 13.6.